The molecule has 0 unspecified atom stereocenters. The molecule has 0 aliphatic heterocycles. The Kier molecular flexibility index (Phi) is 1.62. The van der Waals surface area contributed by atoms with Crippen molar-refractivity contribution in [1.82, 2.24) is 4.98 Å². The minimum atomic E-state index is -1.40. The maximum absolute atomic E-state index is 12.1. The van der Waals surface area contributed by atoms with Gasteiger partial charge in [-0.05, 0) is 6.07 Å². The minimum absolute atomic E-state index is 0.201. The molecular weight excluding hydrogens is 137 g/mol. The third kappa shape index (κ3) is 1.28. The van der Waals surface area contributed by atoms with E-state index in [9.17, 15) is 14.3 Å². The summed E-state index contributed by atoms with van der Waals surface area (Å²) in [4.78, 5) is 13.2. The van der Waals surface area contributed by atoms with Crippen molar-refractivity contribution in [1.29, 1.82) is 0 Å². The Morgan fingerprint density at radius 1 is 1.70 bits per heavy atom. The SMILES string of the molecule is O=C([O-])c1ccnc(F)c1. The number of hydrogen-bond donors (Lipinski definition) is 0. The van der Waals surface area contributed by atoms with Gasteiger partial charge in [0.1, 0.15) is 0 Å². The Morgan fingerprint density at radius 3 is 2.80 bits per heavy atom. The fraction of sp³-hybridized carbons (Fsp3) is 0. The van der Waals surface area contributed by atoms with E-state index in [1.54, 1.807) is 0 Å². The molecule has 1 aromatic heterocycles. The maximum Gasteiger partial charge on any atom is 0.213 e. The molecule has 0 aliphatic carbocycles. The normalized spacial score (nSPS) is 9.30. The van der Waals surface area contributed by atoms with Crippen LogP contribution < -0.4 is 5.11 Å². The lowest BCUT2D eigenvalue weighted by Crippen LogP contribution is -2.22. The Hall–Kier alpha value is -1.45. The monoisotopic (exact) mass is 140 g/mol. The van der Waals surface area contributed by atoms with Gasteiger partial charge in [0.05, 0.1) is 5.97 Å². The van der Waals surface area contributed by atoms with E-state index < -0.39 is 11.9 Å². The molecule has 1 aromatic rings. The summed E-state index contributed by atoms with van der Waals surface area (Å²) < 4.78 is 12.1. The molecule has 0 fully saturated rings. The molecule has 1 heterocycles. The number of carbonyl (C=O) groups is 1. The highest BCUT2D eigenvalue weighted by molar-refractivity contribution is 5.85. The molecule has 0 N–H and O–H groups in total. The Bertz CT molecular complexity index is 262. The van der Waals surface area contributed by atoms with Crippen LogP contribution in [-0.4, -0.2) is 11.0 Å². The number of aromatic nitrogens is 1. The molecule has 0 amide bonds. The van der Waals surface area contributed by atoms with Crippen molar-refractivity contribution >= 4 is 5.97 Å². The molecule has 0 spiro atoms. The maximum atomic E-state index is 12.1. The summed E-state index contributed by atoms with van der Waals surface area (Å²) in [5.74, 6) is -2.22. The average Bonchev–Trinajstić information content (AvgIpc) is 1.88. The molecule has 0 radical (unpaired) electrons. The summed E-state index contributed by atoms with van der Waals surface area (Å²) in [6.07, 6.45) is 1.07. The number of carboxylic acid groups (broad SMARTS) is 1. The smallest absolute Gasteiger partial charge is 0.213 e. The second kappa shape index (κ2) is 2.43. The van der Waals surface area contributed by atoms with Crippen molar-refractivity contribution in [3.8, 4) is 0 Å². The second-order valence-corrected chi connectivity index (χ2v) is 1.65. The second-order valence-electron chi connectivity index (χ2n) is 1.65. The van der Waals surface area contributed by atoms with Gasteiger partial charge >= 0.3 is 0 Å². The van der Waals surface area contributed by atoms with Crippen molar-refractivity contribution in [2.75, 3.05) is 0 Å². The van der Waals surface area contributed by atoms with Crippen molar-refractivity contribution < 1.29 is 14.3 Å². The van der Waals surface area contributed by atoms with Crippen molar-refractivity contribution in [2.24, 2.45) is 0 Å². The number of pyridine rings is 1. The minimum Gasteiger partial charge on any atom is -0.545 e. The van der Waals surface area contributed by atoms with Crippen LogP contribution in [0.4, 0.5) is 4.39 Å². The van der Waals surface area contributed by atoms with Crippen LogP contribution in [-0.2, 0) is 0 Å². The lowest BCUT2D eigenvalue weighted by molar-refractivity contribution is -0.255. The molecule has 0 aromatic carbocycles. The van der Waals surface area contributed by atoms with Gasteiger partial charge in [-0.3, -0.25) is 0 Å². The Morgan fingerprint density at radius 2 is 2.40 bits per heavy atom. The predicted molar refractivity (Wildman–Crippen MR) is 28.5 cm³/mol. The van der Waals surface area contributed by atoms with Crippen LogP contribution in [0.5, 0.6) is 0 Å². The van der Waals surface area contributed by atoms with E-state index in [1.807, 2.05) is 0 Å². The number of hydrogen-bond acceptors (Lipinski definition) is 3. The molecule has 1 rings (SSSR count). The van der Waals surface area contributed by atoms with E-state index in [4.69, 9.17) is 0 Å². The standard InChI is InChI=1S/C6H4FNO2/c7-5-3-4(6(9)10)1-2-8-5/h1-3H,(H,9,10)/p-1. The predicted octanol–water partition coefficient (Wildman–Crippen LogP) is -0.416. The summed E-state index contributed by atoms with van der Waals surface area (Å²) in [7, 11) is 0. The first kappa shape index (κ1) is 6.67. The summed E-state index contributed by atoms with van der Waals surface area (Å²) in [5.41, 5.74) is -0.201. The van der Waals surface area contributed by atoms with E-state index in [-0.39, 0.29) is 5.56 Å². The number of rotatable bonds is 1. The summed E-state index contributed by atoms with van der Waals surface area (Å²) in [6, 6.07) is 1.97. The molecule has 52 valence electrons. The topological polar surface area (TPSA) is 53.0 Å². The molecule has 0 aliphatic rings. The third-order valence-corrected chi connectivity index (χ3v) is 0.962. The molecule has 0 atom stereocenters. The first-order valence-corrected chi connectivity index (χ1v) is 2.53. The number of carbonyl (C=O) groups excluding carboxylic acids is 1. The van der Waals surface area contributed by atoms with Gasteiger partial charge in [-0.2, -0.15) is 4.39 Å². The first-order chi connectivity index (χ1) is 4.70. The van der Waals surface area contributed by atoms with Crippen molar-refractivity contribution in [3.05, 3.63) is 29.8 Å². The van der Waals surface area contributed by atoms with Gasteiger partial charge in [-0.25, -0.2) is 4.98 Å². The molecule has 3 nitrogen and oxygen atoms in total. The first-order valence-electron chi connectivity index (χ1n) is 2.53. The summed E-state index contributed by atoms with van der Waals surface area (Å²) >= 11 is 0. The molecule has 10 heavy (non-hydrogen) atoms. The summed E-state index contributed by atoms with van der Waals surface area (Å²) in [6.45, 7) is 0. The van der Waals surface area contributed by atoms with Gasteiger partial charge in [0.25, 0.3) is 0 Å². The van der Waals surface area contributed by atoms with Crippen LogP contribution in [0.15, 0.2) is 18.3 Å². The van der Waals surface area contributed by atoms with Gasteiger partial charge in [0.2, 0.25) is 5.95 Å². The highest BCUT2D eigenvalue weighted by atomic mass is 19.1. The molecule has 0 saturated heterocycles. The van der Waals surface area contributed by atoms with E-state index >= 15 is 0 Å². The van der Waals surface area contributed by atoms with E-state index in [0.717, 1.165) is 12.3 Å². The van der Waals surface area contributed by atoms with Crippen LogP contribution in [0.3, 0.4) is 0 Å². The fourth-order valence-electron chi connectivity index (χ4n) is 0.529. The van der Waals surface area contributed by atoms with Crippen molar-refractivity contribution in [2.45, 2.75) is 0 Å². The van der Waals surface area contributed by atoms with Crippen LogP contribution in [0.2, 0.25) is 0 Å². The zero-order chi connectivity index (χ0) is 7.56. The summed E-state index contributed by atoms with van der Waals surface area (Å²) in [5, 5.41) is 10.0. The highest BCUT2D eigenvalue weighted by Gasteiger charge is 1.94. The lowest BCUT2D eigenvalue weighted by Gasteiger charge is -1.98. The van der Waals surface area contributed by atoms with Gasteiger partial charge in [-0.15, -0.1) is 0 Å². The number of aromatic carboxylic acids is 1. The zero-order valence-electron chi connectivity index (χ0n) is 4.87. The number of carboxylic acids is 1. The van der Waals surface area contributed by atoms with Crippen LogP contribution >= 0.6 is 0 Å². The van der Waals surface area contributed by atoms with Crippen molar-refractivity contribution in [3.63, 3.8) is 0 Å². The molecular formula is C6H3FNO2-. The number of halogens is 1. The zero-order valence-corrected chi connectivity index (χ0v) is 4.87. The van der Waals surface area contributed by atoms with E-state index in [2.05, 4.69) is 4.98 Å². The number of nitrogens with zero attached hydrogens (tertiary/aromatic N) is 1. The van der Waals surface area contributed by atoms with Gasteiger partial charge in [0, 0.05) is 17.8 Å². The molecule has 0 bridgehead atoms. The molecule has 0 saturated carbocycles. The largest absolute Gasteiger partial charge is 0.545 e. The van der Waals surface area contributed by atoms with Gasteiger partial charge in [-0.1, -0.05) is 0 Å². The van der Waals surface area contributed by atoms with E-state index in [1.165, 1.54) is 6.07 Å². The fourth-order valence-corrected chi connectivity index (χ4v) is 0.529. The van der Waals surface area contributed by atoms with Gasteiger partial charge < -0.3 is 9.90 Å². The van der Waals surface area contributed by atoms with Crippen LogP contribution in [0, 0.1) is 5.95 Å². The average molecular weight is 140 g/mol. The lowest BCUT2D eigenvalue weighted by atomic mass is 10.3. The van der Waals surface area contributed by atoms with Gasteiger partial charge in [0.15, 0.2) is 0 Å². The van der Waals surface area contributed by atoms with Crippen LogP contribution in [0.25, 0.3) is 0 Å². The highest BCUT2D eigenvalue weighted by Crippen LogP contribution is 1.97. The Balaban J connectivity index is 3.07. The Labute approximate surface area is 56.1 Å². The van der Waals surface area contributed by atoms with E-state index in [0.29, 0.717) is 0 Å². The molecule has 4 heteroatoms. The van der Waals surface area contributed by atoms with Crippen LogP contribution in [0.1, 0.15) is 10.4 Å². The third-order valence-electron chi connectivity index (χ3n) is 0.962. The quantitative estimate of drug-likeness (QED) is 0.498.